The monoisotopic (exact) mass is 397 g/mol. The molecule has 8 heteroatoms. The molecule has 0 unspecified atom stereocenters. The molecule has 0 aliphatic carbocycles. The fourth-order valence-electron chi connectivity index (χ4n) is 2.89. The number of amides is 2. The molecule has 0 spiro atoms. The molecule has 0 radical (unpaired) electrons. The summed E-state index contributed by atoms with van der Waals surface area (Å²) in [7, 11) is 3.04. The summed E-state index contributed by atoms with van der Waals surface area (Å²) in [4.78, 5) is 25.1. The maximum Gasteiger partial charge on any atom is 0.362 e. The van der Waals surface area contributed by atoms with E-state index in [4.69, 9.17) is 13.9 Å². The van der Waals surface area contributed by atoms with E-state index in [9.17, 15) is 9.59 Å². The maximum absolute atomic E-state index is 12.5. The van der Waals surface area contributed by atoms with Gasteiger partial charge in [0.05, 0.1) is 19.9 Å². The summed E-state index contributed by atoms with van der Waals surface area (Å²) in [6, 6.07) is 11.5. The van der Waals surface area contributed by atoms with E-state index in [0.29, 0.717) is 40.4 Å². The standard InChI is InChI=1S/C21H23N3O5/c1-4-11-22-18-14-7-5-6-8-15(14)29-20(25)19(18)24-21(26)23-13-9-10-16(27-2)17(12-13)28-3/h5-10,12,22H,4,11H2,1-3H3,(H2,23,24,26). The molecule has 8 nitrogen and oxygen atoms in total. The van der Waals surface area contributed by atoms with Crippen molar-refractivity contribution in [3.63, 3.8) is 0 Å². The second kappa shape index (κ2) is 9.01. The number of anilines is 3. The number of para-hydroxylation sites is 1. The second-order valence-electron chi connectivity index (χ2n) is 6.21. The molecule has 3 rings (SSSR count). The molecule has 3 aromatic rings. The van der Waals surface area contributed by atoms with Crippen LogP contribution < -0.4 is 31.0 Å². The fraction of sp³-hybridized carbons (Fsp3) is 0.238. The number of ether oxygens (including phenoxy) is 2. The minimum atomic E-state index is -0.634. The highest BCUT2D eigenvalue weighted by atomic mass is 16.5. The highest BCUT2D eigenvalue weighted by molar-refractivity contribution is 6.05. The molecule has 0 saturated carbocycles. The molecule has 29 heavy (non-hydrogen) atoms. The Morgan fingerprint density at radius 1 is 1.00 bits per heavy atom. The molecule has 0 saturated heterocycles. The molecule has 3 N–H and O–H groups in total. The quantitative estimate of drug-likeness (QED) is 0.515. The summed E-state index contributed by atoms with van der Waals surface area (Å²) in [5.74, 6) is 1.01. The van der Waals surface area contributed by atoms with Crippen LogP contribution in [0.4, 0.5) is 21.9 Å². The third-order valence-electron chi connectivity index (χ3n) is 4.24. The Balaban J connectivity index is 1.90. The van der Waals surface area contributed by atoms with Crippen LogP contribution in [0.3, 0.4) is 0 Å². The van der Waals surface area contributed by atoms with Crippen molar-refractivity contribution in [2.45, 2.75) is 13.3 Å². The van der Waals surface area contributed by atoms with Crippen molar-refractivity contribution in [2.75, 3.05) is 36.7 Å². The van der Waals surface area contributed by atoms with Gasteiger partial charge in [-0.05, 0) is 30.7 Å². The first-order valence-electron chi connectivity index (χ1n) is 9.17. The van der Waals surface area contributed by atoms with E-state index in [1.165, 1.54) is 14.2 Å². The number of fused-ring (bicyclic) bond motifs is 1. The molecule has 0 aliphatic rings. The number of hydrogen-bond donors (Lipinski definition) is 3. The van der Waals surface area contributed by atoms with Gasteiger partial charge in [0.1, 0.15) is 5.58 Å². The number of rotatable bonds is 7. The van der Waals surface area contributed by atoms with Gasteiger partial charge in [0.25, 0.3) is 0 Å². The van der Waals surface area contributed by atoms with Crippen LogP contribution in [0.1, 0.15) is 13.3 Å². The summed E-state index contributed by atoms with van der Waals surface area (Å²) < 4.78 is 15.8. The molecule has 1 heterocycles. The van der Waals surface area contributed by atoms with Gasteiger partial charge >= 0.3 is 11.7 Å². The van der Waals surface area contributed by atoms with E-state index in [1.54, 1.807) is 30.3 Å². The van der Waals surface area contributed by atoms with Crippen molar-refractivity contribution in [1.82, 2.24) is 0 Å². The van der Waals surface area contributed by atoms with Gasteiger partial charge in [0.2, 0.25) is 0 Å². The predicted molar refractivity (Wildman–Crippen MR) is 113 cm³/mol. The Morgan fingerprint density at radius 2 is 1.76 bits per heavy atom. The number of carbonyl (C=O) groups is 1. The number of nitrogens with one attached hydrogen (secondary N) is 3. The lowest BCUT2D eigenvalue weighted by Gasteiger charge is -2.15. The van der Waals surface area contributed by atoms with Gasteiger partial charge in [0.15, 0.2) is 17.2 Å². The smallest absolute Gasteiger partial charge is 0.362 e. The highest BCUT2D eigenvalue weighted by Gasteiger charge is 2.17. The molecule has 2 aromatic carbocycles. The summed E-state index contributed by atoms with van der Waals surface area (Å²) in [5, 5.41) is 9.21. The van der Waals surface area contributed by atoms with Crippen molar-refractivity contribution in [1.29, 1.82) is 0 Å². The highest BCUT2D eigenvalue weighted by Crippen LogP contribution is 2.31. The Bertz CT molecular complexity index is 1080. The minimum absolute atomic E-state index is 0.0510. The van der Waals surface area contributed by atoms with E-state index in [0.717, 1.165) is 6.42 Å². The SMILES string of the molecule is CCCNc1c(NC(=O)Nc2ccc(OC)c(OC)c2)c(=O)oc2ccccc12. The fourth-order valence-corrected chi connectivity index (χ4v) is 2.89. The third-order valence-corrected chi connectivity index (χ3v) is 4.24. The number of benzene rings is 2. The summed E-state index contributed by atoms with van der Waals surface area (Å²) in [5.41, 5.74) is 0.872. The largest absolute Gasteiger partial charge is 0.493 e. The second-order valence-corrected chi connectivity index (χ2v) is 6.21. The van der Waals surface area contributed by atoms with Crippen LogP contribution in [0.2, 0.25) is 0 Å². The molecule has 0 fully saturated rings. The Labute approximate surface area is 167 Å². The Morgan fingerprint density at radius 3 is 2.48 bits per heavy atom. The van der Waals surface area contributed by atoms with Gasteiger partial charge in [-0.2, -0.15) is 0 Å². The zero-order valence-electron chi connectivity index (χ0n) is 16.5. The normalized spacial score (nSPS) is 10.4. The van der Waals surface area contributed by atoms with Gasteiger partial charge in [-0.25, -0.2) is 9.59 Å². The van der Waals surface area contributed by atoms with Gasteiger partial charge in [-0.15, -0.1) is 0 Å². The van der Waals surface area contributed by atoms with E-state index >= 15 is 0 Å². The van der Waals surface area contributed by atoms with E-state index in [2.05, 4.69) is 16.0 Å². The Kier molecular flexibility index (Phi) is 6.23. The number of carbonyl (C=O) groups excluding carboxylic acids is 1. The predicted octanol–water partition coefficient (Wildman–Crippen LogP) is 4.28. The number of urea groups is 1. The van der Waals surface area contributed by atoms with Crippen LogP contribution in [0.15, 0.2) is 51.7 Å². The molecule has 2 amide bonds. The van der Waals surface area contributed by atoms with Crippen molar-refractivity contribution in [2.24, 2.45) is 0 Å². The van der Waals surface area contributed by atoms with Crippen LogP contribution >= 0.6 is 0 Å². The summed E-state index contributed by atoms with van der Waals surface area (Å²) in [6.45, 7) is 2.65. The van der Waals surface area contributed by atoms with E-state index in [-0.39, 0.29) is 5.69 Å². The van der Waals surface area contributed by atoms with E-state index in [1.807, 2.05) is 19.1 Å². The van der Waals surface area contributed by atoms with Crippen molar-refractivity contribution < 1.29 is 18.7 Å². The Hall–Kier alpha value is -3.68. The summed E-state index contributed by atoms with van der Waals surface area (Å²) >= 11 is 0. The van der Waals surface area contributed by atoms with Gasteiger partial charge < -0.3 is 24.5 Å². The van der Waals surface area contributed by atoms with Crippen molar-refractivity contribution >= 4 is 34.1 Å². The molecule has 1 aromatic heterocycles. The minimum Gasteiger partial charge on any atom is -0.493 e. The molecule has 0 atom stereocenters. The third kappa shape index (κ3) is 4.43. The zero-order chi connectivity index (χ0) is 20.8. The lowest BCUT2D eigenvalue weighted by molar-refractivity contribution is 0.262. The number of hydrogen-bond acceptors (Lipinski definition) is 6. The molecular weight excluding hydrogens is 374 g/mol. The van der Waals surface area contributed by atoms with Gasteiger partial charge in [-0.3, -0.25) is 5.32 Å². The first kappa shape index (κ1) is 20.1. The first-order chi connectivity index (χ1) is 14.1. The molecule has 0 aliphatic heterocycles. The van der Waals surface area contributed by atoms with Gasteiger partial charge in [0, 0.05) is 23.7 Å². The maximum atomic E-state index is 12.5. The van der Waals surface area contributed by atoms with Crippen LogP contribution in [0.5, 0.6) is 11.5 Å². The average molecular weight is 397 g/mol. The molecule has 0 bridgehead atoms. The van der Waals surface area contributed by atoms with Crippen LogP contribution in [0.25, 0.3) is 11.0 Å². The van der Waals surface area contributed by atoms with Crippen LogP contribution in [0, 0.1) is 0 Å². The molecular formula is C21H23N3O5. The van der Waals surface area contributed by atoms with E-state index < -0.39 is 11.7 Å². The average Bonchev–Trinajstić information content (AvgIpc) is 2.73. The van der Waals surface area contributed by atoms with Crippen molar-refractivity contribution in [3.8, 4) is 11.5 Å². The first-order valence-corrected chi connectivity index (χ1v) is 9.17. The number of methoxy groups -OCH3 is 2. The zero-order valence-corrected chi connectivity index (χ0v) is 16.5. The lowest BCUT2D eigenvalue weighted by atomic mass is 10.2. The van der Waals surface area contributed by atoms with Crippen molar-refractivity contribution in [3.05, 3.63) is 52.9 Å². The molecule has 152 valence electrons. The lowest BCUT2D eigenvalue weighted by Crippen LogP contribution is -2.24. The van der Waals surface area contributed by atoms with Crippen LogP contribution in [-0.2, 0) is 0 Å². The topological polar surface area (TPSA) is 102 Å². The van der Waals surface area contributed by atoms with Gasteiger partial charge in [-0.1, -0.05) is 19.1 Å². The summed E-state index contributed by atoms with van der Waals surface area (Å²) in [6.07, 6.45) is 0.853. The van der Waals surface area contributed by atoms with Crippen LogP contribution in [-0.4, -0.2) is 26.8 Å².